The fourth-order valence-corrected chi connectivity index (χ4v) is 2.23. The first kappa shape index (κ1) is 12.8. The van der Waals surface area contributed by atoms with Gasteiger partial charge in [0, 0.05) is 5.92 Å². The van der Waals surface area contributed by atoms with Crippen molar-refractivity contribution < 1.29 is 18.0 Å². The highest BCUT2D eigenvalue weighted by Gasteiger charge is 2.60. The third-order valence-electron chi connectivity index (χ3n) is 2.75. The average Bonchev–Trinajstić information content (AvgIpc) is 2.50. The summed E-state index contributed by atoms with van der Waals surface area (Å²) in [6.45, 7) is 3.36. The molecule has 0 radical (unpaired) electrons. The maximum atomic E-state index is 12.1. The van der Waals surface area contributed by atoms with Gasteiger partial charge in [0.05, 0.1) is 0 Å². The van der Waals surface area contributed by atoms with Gasteiger partial charge in [-0.1, -0.05) is 31.5 Å². The summed E-state index contributed by atoms with van der Waals surface area (Å²) >= 11 is 10.3. The summed E-state index contributed by atoms with van der Waals surface area (Å²) in [5, 5.41) is -1.81. The second-order valence-electron chi connectivity index (χ2n) is 4.14. The van der Waals surface area contributed by atoms with Crippen LogP contribution in [0.1, 0.15) is 13.8 Å². The summed E-state index contributed by atoms with van der Waals surface area (Å²) in [6.07, 6.45) is -3.69. The number of allylic oxidation sites excluding steroid dienone is 2. The summed E-state index contributed by atoms with van der Waals surface area (Å²) in [7, 11) is 0. The molecule has 1 saturated carbocycles. The molecule has 0 spiro atoms. The topological polar surface area (TPSA) is 17.1 Å². The van der Waals surface area contributed by atoms with Crippen LogP contribution in [0.15, 0.2) is 11.1 Å². The molecule has 1 aliphatic carbocycles. The van der Waals surface area contributed by atoms with E-state index in [0.29, 0.717) is 0 Å². The van der Waals surface area contributed by atoms with E-state index < -0.39 is 33.7 Å². The summed E-state index contributed by atoms with van der Waals surface area (Å²) in [6, 6.07) is 0. The Balaban J connectivity index is 2.83. The van der Waals surface area contributed by atoms with Crippen molar-refractivity contribution in [3.8, 4) is 0 Å². The van der Waals surface area contributed by atoms with Crippen LogP contribution in [0.5, 0.6) is 0 Å². The van der Waals surface area contributed by atoms with Crippen molar-refractivity contribution in [2.75, 3.05) is 0 Å². The van der Waals surface area contributed by atoms with E-state index >= 15 is 0 Å². The molecule has 0 aromatic heterocycles. The molecule has 0 N–H and O–H groups in total. The lowest BCUT2D eigenvalue weighted by Crippen LogP contribution is -2.07. The van der Waals surface area contributed by atoms with E-state index in [9.17, 15) is 18.0 Å². The van der Waals surface area contributed by atoms with E-state index in [1.807, 2.05) is 0 Å². The van der Waals surface area contributed by atoms with E-state index in [2.05, 4.69) is 0 Å². The molecule has 6 heteroatoms. The Morgan fingerprint density at radius 1 is 1.33 bits per heavy atom. The summed E-state index contributed by atoms with van der Waals surface area (Å²) in [5.74, 6) is -1.10. The maximum absolute atomic E-state index is 12.1. The van der Waals surface area contributed by atoms with Crippen LogP contribution in [0.25, 0.3) is 0 Å². The Morgan fingerprint density at radius 3 is 2.07 bits per heavy atom. The summed E-state index contributed by atoms with van der Waals surface area (Å²) < 4.78 is 36.3. The second kappa shape index (κ2) is 3.67. The molecule has 15 heavy (non-hydrogen) atoms. The smallest absolute Gasteiger partial charge is 0.281 e. The zero-order chi connectivity index (χ0) is 12.0. The van der Waals surface area contributed by atoms with Crippen molar-refractivity contribution >= 4 is 28.4 Å². The minimum atomic E-state index is -4.56. The molecule has 2 atom stereocenters. The van der Waals surface area contributed by atoms with Crippen molar-refractivity contribution in [2.45, 2.75) is 20.0 Å². The van der Waals surface area contributed by atoms with Gasteiger partial charge in [0.1, 0.15) is 5.03 Å². The first-order valence-electron chi connectivity index (χ1n) is 4.22. The lowest BCUT2D eigenvalue weighted by atomic mass is 10.1. The Morgan fingerprint density at radius 2 is 1.80 bits per heavy atom. The van der Waals surface area contributed by atoms with Crippen LogP contribution in [0.3, 0.4) is 0 Å². The normalized spacial score (nSPS) is 30.2. The lowest BCUT2D eigenvalue weighted by molar-refractivity contribution is -0.113. The predicted molar refractivity (Wildman–Crippen MR) is 51.6 cm³/mol. The minimum absolute atomic E-state index is 0.531. The monoisotopic (exact) mass is 260 g/mol. The molecule has 1 nitrogen and oxygen atoms in total. The van der Waals surface area contributed by atoms with Crippen molar-refractivity contribution in [3.63, 3.8) is 0 Å². The first-order chi connectivity index (χ1) is 6.58. The number of hydrogen-bond acceptors (Lipinski definition) is 1. The lowest BCUT2D eigenvalue weighted by Gasteiger charge is -2.04. The van der Waals surface area contributed by atoms with Crippen LogP contribution >= 0.6 is 23.2 Å². The Hall–Kier alpha value is -0.220. The van der Waals surface area contributed by atoms with Gasteiger partial charge in [-0.25, -0.2) is 0 Å². The fraction of sp³-hybridized carbons (Fsp3) is 0.667. The predicted octanol–water partition coefficient (Wildman–Crippen LogP) is 3.71. The Bertz CT molecular complexity index is 320. The van der Waals surface area contributed by atoms with Crippen molar-refractivity contribution in [1.29, 1.82) is 0 Å². The molecule has 1 aliphatic rings. The zero-order valence-corrected chi connectivity index (χ0v) is 9.54. The van der Waals surface area contributed by atoms with E-state index in [4.69, 9.17) is 23.2 Å². The zero-order valence-electron chi connectivity index (χ0n) is 8.03. The van der Waals surface area contributed by atoms with Gasteiger partial charge >= 0.3 is 6.18 Å². The number of hydrogen-bond donors (Lipinski definition) is 0. The van der Waals surface area contributed by atoms with Gasteiger partial charge in [-0.2, -0.15) is 13.2 Å². The van der Waals surface area contributed by atoms with E-state index in [1.54, 1.807) is 13.8 Å². The number of halogens is 5. The van der Waals surface area contributed by atoms with Crippen molar-refractivity contribution in [2.24, 2.45) is 17.3 Å². The molecule has 0 bridgehead atoms. The molecule has 0 aromatic carbocycles. The molecular weight excluding hydrogens is 252 g/mol. The van der Waals surface area contributed by atoms with E-state index in [-0.39, 0.29) is 0 Å². The molecule has 1 rings (SSSR count). The molecular formula is C9H9Cl2F3O. The third kappa shape index (κ3) is 2.48. The van der Waals surface area contributed by atoms with Gasteiger partial charge < -0.3 is 0 Å². The molecule has 0 unspecified atom stereocenters. The standard InChI is InChI=1S/C9H9Cl2F3O/c1-8(2)4(6(8)7(11)15)3-5(10)9(12,13)14/h3-4,6H,1-2H3/t4-,6+/m0/s1. The van der Waals surface area contributed by atoms with Crippen LogP contribution in [-0.4, -0.2) is 11.4 Å². The van der Waals surface area contributed by atoms with Crippen LogP contribution in [-0.2, 0) is 4.79 Å². The highest BCUT2D eigenvalue weighted by Crippen LogP contribution is 2.60. The maximum Gasteiger partial charge on any atom is 0.426 e. The fourth-order valence-electron chi connectivity index (χ4n) is 1.67. The van der Waals surface area contributed by atoms with Gasteiger partial charge in [0.2, 0.25) is 5.24 Å². The van der Waals surface area contributed by atoms with Crippen molar-refractivity contribution in [3.05, 3.63) is 11.1 Å². The first-order valence-corrected chi connectivity index (χ1v) is 4.98. The van der Waals surface area contributed by atoms with Crippen molar-refractivity contribution in [1.82, 2.24) is 0 Å². The highest BCUT2D eigenvalue weighted by molar-refractivity contribution is 6.64. The number of carbonyl (C=O) groups excluding carboxylic acids is 1. The van der Waals surface area contributed by atoms with Crippen LogP contribution < -0.4 is 0 Å². The number of carbonyl (C=O) groups is 1. The third-order valence-corrected chi connectivity index (χ3v) is 3.33. The number of rotatable bonds is 2. The average molecular weight is 261 g/mol. The molecule has 0 heterocycles. The molecule has 1 fully saturated rings. The molecule has 86 valence electrons. The van der Waals surface area contributed by atoms with Crippen LogP contribution in [0, 0.1) is 17.3 Å². The Labute approximate surface area is 95.2 Å². The molecule has 0 aliphatic heterocycles. The van der Waals surface area contributed by atoms with E-state index in [0.717, 1.165) is 6.08 Å². The van der Waals surface area contributed by atoms with Gasteiger partial charge in [-0.3, -0.25) is 4.79 Å². The van der Waals surface area contributed by atoms with Gasteiger partial charge in [0.15, 0.2) is 0 Å². The molecule has 0 aromatic rings. The SMILES string of the molecule is CC1(C)[C@@H](C=C(Cl)C(F)(F)F)[C@@H]1C(=O)Cl. The summed E-state index contributed by atoms with van der Waals surface area (Å²) in [5.41, 5.74) is -0.537. The second-order valence-corrected chi connectivity index (χ2v) is 4.92. The quantitative estimate of drug-likeness (QED) is 0.692. The van der Waals surface area contributed by atoms with Gasteiger partial charge in [-0.05, 0) is 22.9 Å². The van der Waals surface area contributed by atoms with Gasteiger partial charge in [0.25, 0.3) is 0 Å². The largest absolute Gasteiger partial charge is 0.426 e. The summed E-state index contributed by atoms with van der Waals surface area (Å²) in [4.78, 5) is 10.9. The van der Waals surface area contributed by atoms with E-state index in [1.165, 1.54) is 0 Å². The molecule has 0 saturated heterocycles. The Kier molecular flexibility index (Phi) is 3.14. The van der Waals surface area contributed by atoms with Crippen LogP contribution in [0.2, 0.25) is 0 Å². The van der Waals surface area contributed by atoms with Gasteiger partial charge in [-0.15, -0.1) is 0 Å². The molecule has 0 amide bonds. The minimum Gasteiger partial charge on any atom is -0.281 e. The number of alkyl halides is 3. The highest BCUT2D eigenvalue weighted by atomic mass is 35.5. The van der Waals surface area contributed by atoms with Crippen LogP contribution in [0.4, 0.5) is 13.2 Å².